The molecule has 1 aliphatic heterocycles. The van der Waals surface area contributed by atoms with Crippen molar-refractivity contribution in [1.82, 2.24) is 4.90 Å². The lowest BCUT2D eigenvalue weighted by Gasteiger charge is -2.26. The van der Waals surface area contributed by atoms with E-state index in [9.17, 15) is 0 Å². The molecule has 1 saturated heterocycles. The fraction of sp³-hybridized carbons (Fsp3) is 1.00. The van der Waals surface area contributed by atoms with E-state index in [4.69, 9.17) is 0 Å². The number of hydrogen-bond donors (Lipinski definition) is 0. The zero-order chi connectivity index (χ0) is 12.2. The normalized spacial score (nSPS) is 17.9. The summed E-state index contributed by atoms with van der Waals surface area (Å²) >= 11 is 0. The van der Waals surface area contributed by atoms with Crippen molar-refractivity contribution in [3.05, 3.63) is 0 Å². The van der Waals surface area contributed by atoms with Gasteiger partial charge in [0.05, 0.1) is 13.1 Å². The highest BCUT2D eigenvalue weighted by Crippen LogP contribution is 2.09. The predicted octanol–water partition coefficient (Wildman–Crippen LogP) is 3.89. The summed E-state index contributed by atoms with van der Waals surface area (Å²) in [5, 5.41) is 8.37. The molecule has 0 aromatic heterocycles. The molecule has 1 aliphatic rings. The number of likely N-dealkylation sites (tertiary alicyclic amines) is 1. The van der Waals surface area contributed by atoms with E-state index in [1.165, 1.54) is 71.0 Å². The molecule has 0 N–H and O–H groups in total. The molecule has 0 unspecified atom stereocenters. The van der Waals surface area contributed by atoms with E-state index in [-0.39, 0.29) is 0 Å². The van der Waals surface area contributed by atoms with Crippen molar-refractivity contribution in [3.8, 4) is 0 Å². The Morgan fingerprint density at radius 2 is 1.53 bits per heavy atom. The molecule has 0 spiro atoms. The second-order valence-corrected chi connectivity index (χ2v) is 5.05. The maximum Gasteiger partial charge on any atom is 0.0598 e. The molecule has 3 nitrogen and oxygen atoms in total. The molecule has 3 heteroatoms. The third-order valence-electron chi connectivity index (χ3n) is 3.39. The van der Waals surface area contributed by atoms with Crippen molar-refractivity contribution in [2.45, 2.75) is 58.3 Å². The van der Waals surface area contributed by atoms with Crippen LogP contribution < -0.4 is 0 Å². The van der Waals surface area contributed by atoms with E-state index in [0.29, 0.717) is 0 Å². The van der Waals surface area contributed by atoms with Gasteiger partial charge in [-0.1, -0.05) is 26.2 Å². The van der Waals surface area contributed by atoms with Crippen LogP contribution in [0.3, 0.4) is 0 Å². The van der Waals surface area contributed by atoms with Crippen LogP contribution in [0, 0.1) is 0 Å². The number of nitrogens with zero attached hydrogens (tertiary/aromatic N) is 3. The zero-order valence-electron chi connectivity index (χ0n) is 11.5. The molecule has 17 heavy (non-hydrogen) atoms. The Labute approximate surface area is 107 Å². The van der Waals surface area contributed by atoms with Gasteiger partial charge in [-0.25, -0.2) is 0 Å². The van der Waals surface area contributed by atoms with E-state index in [2.05, 4.69) is 22.1 Å². The Kier molecular flexibility index (Phi) is 9.20. The van der Waals surface area contributed by atoms with E-state index in [1.54, 1.807) is 0 Å². The quantitative estimate of drug-likeness (QED) is 0.443. The maximum absolute atomic E-state index is 4.20. The van der Waals surface area contributed by atoms with Crippen LogP contribution in [0.4, 0.5) is 0 Å². The monoisotopic (exact) mass is 239 g/mol. The predicted molar refractivity (Wildman–Crippen MR) is 73.6 cm³/mol. The molecule has 0 aromatic rings. The lowest BCUT2D eigenvalue weighted by Crippen LogP contribution is -2.30. The summed E-state index contributed by atoms with van der Waals surface area (Å²) in [4.78, 5) is 2.62. The van der Waals surface area contributed by atoms with Crippen molar-refractivity contribution in [2.75, 3.05) is 32.7 Å². The minimum atomic E-state index is 0.921. The van der Waals surface area contributed by atoms with Gasteiger partial charge in [0.1, 0.15) is 0 Å². The van der Waals surface area contributed by atoms with Crippen LogP contribution in [0.15, 0.2) is 10.2 Å². The fourth-order valence-electron chi connectivity index (χ4n) is 2.25. The highest BCUT2D eigenvalue weighted by molar-refractivity contribution is 4.64. The first kappa shape index (κ1) is 14.6. The molecular weight excluding hydrogens is 210 g/mol. The van der Waals surface area contributed by atoms with Crippen LogP contribution in [0.25, 0.3) is 0 Å². The molecule has 1 fully saturated rings. The summed E-state index contributed by atoms with van der Waals surface area (Å²) in [5.41, 5.74) is 0. The van der Waals surface area contributed by atoms with Crippen molar-refractivity contribution < 1.29 is 0 Å². The molecule has 0 amide bonds. The Bertz CT molecular complexity index is 186. The van der Waals surface area contributed by atoms with Gasteiger partial charge in [0, 0.05) is 0 Å². The average molecular weight is 239 g/mol. The van der Waals surface area contributed by atoms with Gasteiger partial charge in [-0.15, -0.1) is 0 Å². The van der Waals surface area contributed by atoms with E-state index in [1.807, 2.05) is 0 Å². The van der Waals surface area contributed by atoms with Crippen LogP contribution >= 0.6 is 0 Å². The van der Waals surface area contributed by atoms with Crippen molar-refractivity contribution in [2.24, 2.45) is 10.2 Å². The van der Waals surface area contributed by atoms with Gasteiger partial charge >= 0.3 is 0 Å². The minimum Gasteiger partial charge on any atom is -0.303 e. The topological polar surface area (TPSA) is 28.0 Å². The lowest BCUT2D eigenvalue weighted by molar-refractivity contribution is 0.224. The van der Waals surface area contributed by atoms with Gasteiger partial charge in [0.15, 0.2) is 0 Å². The van der Waals surface area contributed by atoms with Crippen molar-refractivity contribution in [3.63, 3.8) is 0 Å². The first-order valence-electron chi connectivity index (χ1n) is 7.49. The summed E-state index contributed by atoms with van der Waals surface area (Å²) < 4.78 is 0. The molecule has 1 rings (SSSR count). The molecular formula is C14H29N3. The number of piperidine rings is 1. The van der Waals surface area contributed by atoms with Crippen LogP contribution in [-0.4, -0.2) is 37.6 Å². The average Bonchev–Trinajstić information content (AvgIpc) is 2.38. The smallest absolute Gasteiger partial charge is 0.0598 e. The first-order valence-corrected chi connectivity index (χ1v) is 7.49. The third-order valence-corrected chi connectivity index (χ3v) is 3.39. The summed E-state index contributed by atoms with van der Waals surface area (Å²) in [7, 11) is 0. The van der Waals surface area contributed by atoms with Gasteiger partial charge in [-0.3, -0.25) is 0 Å². The largest absolute Gasteiger partial charge is 0.303 e. The molecule has 0 aromatic carbocycles. The number of hydrogen-bond acceptors (Lipinski definition) is 3. The SMILES string of the molecule is CCCCN=NCCCCCN1CCCCC1. The van der Waals surface area contributed by atoms with E-state index >= 15 is 0 Å². The van der Waals surface area contributed by atoms with Gasteiger partial charge in [0.25, 0.3) is 0 Å². The molecule has 0 radical (unpaired) electrons. The molecule has 0 atom stereocenters. The minimum absolute atomic E-state index is 0.921. The van der Waals surface area contributed by atoms with Crippen molar-refractivity contribution in [1.29, 1.82) is 0 Å². The first-order chi connectivity index (χ1) is 8.43. The Morgan fingerprint density at radius 3 is 2.24 bits per heavy atom. The maximum atomic E-state index is 4.20. The standard InChI is InChI=1S/C14H29N3/c1-2-3-10-15-16-11-6-4-7-12-17-13-8-5-9-14-17/h2-14H2,1H3. The number of rotatable bonds is 9. The molecule has 1 heterocycles. The van der Waals surface area contributed by atoms with Gasteiger partial charge in [-0.05, 0) is 51.7 Å². The van der Waals surface area contributed by atoms with Gasteiger partial charge in [-0.2, -0.15) is 10.2 Å². The zero-order valence-corrected chi connectivity index (χ0v) is 11.5. The summed E-state index contributed by atoms with van der Waals surface area (Å²) in [6, 6.07) is 0. The molecule has 0 saturated carbocycles. The Morgan fingerprint density at radius 1 is 0.824 bits per heavy atom. The van der Waals surface area contributed by atoms with Crippen LogP contribution in [-0.2, 0) is 0 Å². The van der Waals surface area contributed by atoms with Gasteiger partial charge in [0.2, 0.25) is 0 Å². The highest BCUT2D eigenvalue weighted by Gasteiger charge is 2.08. The van der Waals surface area contributed by atoms with E-state index < -0.39 is 0 Å². The molecule has 100 valence electrons. The Hall–Kier alpha value is -0.440. The number of azo groups is 1. The van der Waals surface area contributed by atoms with Crippen LogP contribution in [0.5, 0.6) is 0 Å². The van der Waals surface area contributed by atoms with Gasteiger partial charge < -0.3 is 4.90 Å². The van der Waals surface area contributed by atoms with Crippen LogP contribution in [0.2, 0.25) is 0 Å². The second-order valence-electron chi connectivity index (χ2n) is 5.05. The van der Waals surface area contributed by atoms with E-state index in [0.717, 1.165) is 13.1 Å². The molecule has 0 aliphatic carbocycles. The Balaban J connectivity index is 1.82. The summed E-state index contributed by atoms with van der Waals surface area (Å²) in [6.07, 6.45) is 10.5. The summed E-state index contributed by atoms with van der Waals surface area (Å²) in [6.45, 7) is 8.00. The molecule has 0 bridgehead atoms. The third kappa shape index (κ3) is 8.31. The lowest BCUT2D eigenvalue weighted by atomic mass is 10.1. The highest BCUT2D eigenvalue weighted by atomic mass is 15.1. The second kappa shape index (κ2) is 10.7. The summed E-state index contributed by atoms with van der Waals surface area (Å²) in [5.74, 6) is 0. The van der Waals surface area contributed by atoms with Crippen LogP contribution in [0.1, 0.15) is 58.3 Å². The number of unbranched alkanes of at least 4 members (excludes halogenated alkanes) is 3. The fourth-order valence-corrected chi connectivity index (χ4v) is 2.25. The van der Waals surface area contributed by atoms with Crippen molar-refractivity contribution >= 4 is 0 Å².